The number of nitrogens with two attached hydrogens (primary N) is 1. The van der Waals surface area contributed by atoms with Crippen LogP contribution in [0.4, 0.5) is 5.69 Å². The van der Waals surface area contributed by atoms with E-state index in [1.165, 1.54) is 14.2 Å². The minimum Gasteiger partial charge on any atom is -0.493 e. The van der Waals surface area contributed by atoms with Gasteiger partial charge in [0.1, 0.15) is 0 Å². The van der Waals surface area contributed by atoms with Crippen molar-refractivity contribution in [2.75, 3.05) is 33.0 Å². The van der Waals surface area contributed by atoms with Crippen LogP contribution in [0.25, 0.3) is 0 Å². The first kappa shape index (κ1) is 15.4. The highest BCUT2D eigenvalue weighted by Crippen LogP contribution is 2.34. The zero-order valence-corrected chi connectivity index (χ0v) is 12.9. The van der Waals surface area contributed by atoms with Gasteiger partial charge >= 0.3 is 0 Å². The van der Waals surface area contributed by atoms with Gasteiger partial charge in [0.2, 0.25) is 0 Å². The number of amides is 1. The van der Waals surface area contributed by atoms with Gasteiger partial charge in [0.05, 0.1) is 32.0 Å². The van der Waals surface area contributed by atoms with Gasteiger partial charge in [0, 0.05) is 24.8 Å². The van der Waals surface area contributed by atoms with E-state index >= 15 is 0 Å². The van der Waals surface area contributed by atoms with Crippen molar-refractivity contribution in [1.29, 1.82) is 0 Å². The molecule has 1 amide bonds. The molecule has 2 atom stereocenters. The minimum absolute atomic E-state index is 0.00616. The average molecular weight is 294 g/mol. The zero-order valence-electron chi connectivity index (χ0n) is 12.9. The smallest absolute Gasteiger partial charge is 0.258 e. The summed E-state index contributed by atoms with van der Waals surface area (Å²) < 4.78 is 16.2. The van der Waals surface area contributed by atoms with Crippen LogP contribution >= 0.6 is 0 Å². The predicted molar refractivity (Wildman–Crippen MR) is 79.9 cm³/mol. The number of nitrogen functional groups attached to an aromatic ring is 1. The van der Waals surface area contributed by atoms with Crippen LogP contribution in [-0.2, 0) is 4.74 Å². The Kier molecular flexibility index (Phi) is 4.57. The Morgan fingerprint density at radius 1 is 1.24 bits per heavy atom. The van der Waals surface area contributed by atoms with Crippen LogP contribution in [-0.4, -0.2) is 50.3 Å². The van der Waals surface area contributed by atoms with Gasteiger partial charge in [-0.05, 0) is 19.9 Å². The molecule has 0 spiro atoms. The monoisotopic (exact) mass is 294 g/mol. The van der Waals surface area contributed by atoms with E-state index in [-0.39, 0.29) is 18.1 Å². The van der Waals surface area contributed by atoms with Crippen molar-refractivity contribution < 1.29 is 19.0 Å². The zero-order chi connectivity index (χ0) is 15.6. The lowest BCUT2D eigenvalue weighted by Crippen LogP contribution is -2.48. The van der Waals surface area contributed by atoms with Gasteiger partial charge in [0.25, 0.3) is 5.91 Å². The number of nitrogens with zero attached hydrogens (tertiary/aromatic N) is 1. The molecule has 2 N–H and O–H groups in total. The molecule has 6 heteroatoms. The molecule has 116 valence electrons. The molecule has 1 saturated heterocycles. The molecule has 21 heavy (non-hydrogen) atoms. The molecule has 6 nitrogen and oxygen atoms in total. The summed E-state index contributed by atoms with van der Waals surface area (Å²) in [7, 11) is 3.03. The highest BCUT2D eigenvalue weighted by Gasteiger charge is 2.29. The lowest BCUT2D eigenvalue weighted by molar-refractivity contribution is -0.0586. The minimum atomic E-state index is -0.126. The number of ether oxygens (including phenoxy) is 3. The summed E-state index contributed by atoms with van der Waals surface area (Å²) in [5.41, 5.74) is 6.73. The van der Waals surface area contributed by atoms with Crippen molar-refractivity contribution in [2.45, 2.75) is 26.1 Å². The van der Waals surface area contributed by atoms with E-state index < -0.39 is 0 Å². The van der Waals surface area contributed by atoms with E-state index in [9.17, 15) is 4.79 Å². The summed E-state index contributed by atoms with van der Waals surface area (Å²) in [6.45, 7) is 4.99. The van der Waals surface area contributed by atoms with Crippen LogP contribution in [0.1, 0.15) is 24.2 Å². The van der Waals surface area contributed by atoms with Gasteiger partial charge in [-0.25, -0.2) is 0 Å². The van der Waals surface area contributed by atoms with Gasteiger partial charge in [0.15, 0.2) is 11.5 Å². The Morgan fingerprint density at radius 2 is 1.86 bits per heavy atom. The molecule has 1 fully saturated rings. The van der Waals surface area contributed by atoms with Crippen LogP contribution < -0.4 is 15.2 Å². The first-order chi connectivity index (χ1) is 9.96. The number of benzene rings is 1. The molecule has 0 radical (unpaired) electrons. The van der Waals surface area contributed by atoms with Crippen molar-refractivity contribution >= 4 is 11.6 Å². The molecule has 2 rings (SSSR count). The third-order valence-corrected chi connectivity index (χ3v) is 3.44. The fourth-order valence-electron chi connectivity index (χ4n) is 2.66. The van der Waals surface area contributed by atoms with Crippen molar-refractivity contribution in [1.82, 2.24) is 4.90 Å². The van der Waals surface area contributed by atoms with Crippen LogP contribution in [0, 0.1) is 0 Å². The van der Waals surface area contributed by atoms with E-state index in [0.29, 0.717) is 35.8 Å². The molecule has 1 heterocycles. The Morgan fingerprint density at radius 3 is 2.38 bits per heavy atom. The third-order valence-electron chi connectivity index (χ3n) is 3.44. The van der Waals surface area contributed by atoms with Crippen molar-refractivity contribution in [3.8, 4) is 11.5 Å². The number of morpholine rings is 1. The molecule has 2 unspecified atom stereocenters. The quantitative estimate of drug-likeness (QED) is 0.856. The second kappa shape index (κ2) is 6.22. The molecule has 0 bridgehead atoms. The molecular weight excluding hydrogens is 272 g/mol. The maximum atomic E-state index is 12.8. The summed E-state index contributed by atoms with van der Waals surface area (Å²) in [6, 6.07) is 3.26. The van der Waals surface area contributed by atoms with Gasteiger partial charge < -0.3 is 24.8 Å². The van der Waals surface area contributed by atoms with Crippen LogP contribution in [0.2, 0.25) is 0 Å². The number of hydrogen-bond acceptors (Lipinski definition) is 5. The lowest BCUT2D eigenvalue weighted by atomic mass is 10.1. The number of anilines is 1. The van der Waals surface area contributed by atoms with E-state index in [4.69, 9.17) is 19.9 Å². The second-order valence-electron chi connectivity index (χ2n) is 5.27. The predicted octanol–water partition coefficient (Wildman–Crippen LogP) is 1.54. The summed E-state index contributed by atoms with van der Waals surface area (Å²) in [5, 5.41) is 0. The molecule has 1 aromatic rings. The Hall–Kier alpha value is -1.95. The Bertz CT molecular complexity index is 523. The normalized spacial score (nSPS) is 22.0. The number of carbonyl (C=O) groups excluding carboxylic acids is 1. The van der Waals surface area contributed by atoms with E-state index in [0.717, 1.165) is 0 Å². The number of methoxy groups -OCH3 is 2. The van der Waals surface area contributed by atoms with Crippen molar-refractivity contribution in [3.05, 3.63) is 17.7 Å². The van der Waals surface area contributed by atoms with E-state index in [2.05, 4.69) is 0 Å². The van der Waals surface area contributed by atoms with Crippen LogP contribution in [0.5, 0.6) is 11.5 Å². The topological polar surface area (TPSA) is 74.0 Å². The Balaban J connectivity index is 2.36. The maximum Gasteiger partial charge on any atom is 0.258 e. The number of carbonyl (C=O) groups is 1. The summed E-state index contributed by atoms with van der Waals surface area (Å²) in [6.07, 6.45) is 0.0123. The van der Waals surface area contributed by atoms with Crippen LogP contribution in [0.3, 0.4) is 0 Å². The second-order valence-corrected chi connectivity index (χ2v) is 5.27. The Labute approximate surface area is 124 Å². The highest BCUT2D eigenvalue weighted by atomic mass is 16.5. The van der Waals surface area contributed by atoms with Gasteiger partial charge in [-0.1, -0.05) is 0 Å². The molecule has 0 aliphatic carbocycles. The molecule has 1 aliphatic rings. The molecule has 0 aromatic heterocycles. The van der Waals surface area contributed by atoms with Gasteiger partial charge in [-0.3, -0.25) is 4.79 Å². The van der Waals surface area contributed by atoms with Gasteiger partial charge in [-0.15, -0.1) is 0 Å². The summed E-state index contributed by atoms with van der Waals surface area (Å²) in [5.74, 6) is 0.734. The highest BCUT2D eigenvalue weighted by molar-refractivity contribution is 5.99. The number of hydrogen-bond donors (Lipinski definition) is 1. The van der Waals surface area contributed by atoms with Gasteiger partial charge in [-0.2, -0.15) is 0 Å². The van der Waals surface area contributed by atoms with E-state index in [1.807, 2.05) is 13.8 Å². The first-order valence-electron chi connectivity index (χ1n) is 6.92. The fourth-order valence-corrected chi connectivity index (χ4v) is 2.66. The standard InChI is InChI=1S/C15H22N2O4/c1-9-7-17(8-10(2)21-9)15(18)12-5-11(16)6-13(19-3)14(12)20-4/h5-6,9-10H,7-8,16H2,1-4H3. The molecule has 1 aromatic carbocycles. The summed E-state index contributed by atoms with van der Waals surface area (Å²) in [4.78, 5) is 14.5. The molecule has 0 saturated carbocycles. The van der Waals surface area contributed by atoms with Crippen LogP contribution in [0.15, 0.2) is 12.1 Å². The molecular formula is C15H22N2O4. The maximum absolute atomic E-state index is 12.8. The SMILES string of the molecule is COc1cc(N)cc(C(=O)N2CC(C)OC(C)C2)c1OC. The van der Waals surface area contributed by atoms with Crippen molar-refractivity contribution in [3.63, 3.8) is 0 Å². The average Bonchev–Trinajstić information content (AvgIpc) is 2.44. The molecule has 1 aliphatic heterocycles. The largest absolute Gasteiger partial charge is 0.493 e. The number of rotatable bonds is 3. The lowest BCUT2D eigenvalue weighted by Gasteiger charge is -2.35. The summed E-state index contributed by atoms with van der Waals surface area (Å²) >= 11 is 0. The third kappa shape index (κ3) is 3.21. The van der Waals surface area contributed by atoms with E-state index in [1.54, 1.807) is 17.0 Å². The first-order valence-corrected chi connectivity index (χ1v) is 6.92. The van der Waals surface area contributed by atoms with Crippen molar-refractivity contribution in [2.24, 2.45) is 0 Å². The fraction of sp³-hybridized carbons (Fsp3) is 0.533.